The molecule has 2 aromatic rings. The molecular formula is C15H18N4O. The minimum absolute atomic E-state index is 0.0435. The smallest absolute Gasteiger partial charge is 0.220 e. The van der Waals surface area contributed by atoms with E-state index in [1.807, 2.05) is 30.5 Å². The molecule has 2 aromatic heterocycles. The quantitative estimate of drug-likeness (QED) is 0.783. The highest BCUT2D eigenvalue weighted by atomic mass is 16.1. The second kappa shape index (κ2) is 7.23. The Morgan fingerprint density at radius 3 is 3.00 bits per heavy atom. The van der Waals surface area contributed by atoms with Gasteiger partial charge in [0, 0.05) is 25.4 Å². The predicted molar refractivity (Wildman–Crippen MR) is 77.9 cm³/mol. The van der Waals surface area contributed by atoms with Crippen LogP contribution in [0, 0.1) is 0 Å². The number of amides is 1. The fourth-order valence-corrected chi connectivity index (χ4v) is 1.77. The number of rotatable bonds is 7. The maximum atomic E-state index is 11.4. The fraction of sp³-hybridized carbons (Fsp3) is 0.267. The molecule has 104 valence electrons. The van der Waals surface area contributed by atoms with E-state index in [-0.39, 0.29) is 5.91 Å². The van der Waals surface area contributed by atoms with E-state index in [0.29, 0.717) is 25.9 Å². The monoisotopic (exact) mass is 270 g/mol. The van der Waals surface area contributed by atoms with Crippen LogP contribution in [0.2, 0.25) is 0 Å². The van der Waals surface area contributed by atoms with Gasteiger partial charge in [-0.05, 0) is 24.6 Å². The van der Waals surface area contributed by atoms with E-state index in [2.05, 4.69) is 22.0 Å². The lowest BCUT2D eigenvalue weighted by Gasteiger charge is -2.04. The van der Waals surface area contributed by atoms with E-state index >= 15 is 0 Å². The average molecular weight is 270 g/mol. The molecular weight excluding hydrogens is 252 g/mol. The van der Waals surface area contributed by atoms with Gasteiger partial charge in [0.25, 0.3) is 0 Å². The Labute approximate surface area is 118 Å². The maximum absolute atomic E-state index is 11.4. The van der Waals surface area contributed by atoms with Crippen LogP contribution in [0.5, 0.6) is 0 Å². The van der Waals surface area contributed by atoms with Crippen LogP contribution in [0.1, 0.15) is 12.8 Å². The molecule has 5 nitrogen and oxygen atoms in total. The number of carbonyl (C=O) groups excluding carboxylic acids is 1. The van der Waals surface area contributed by atoms with Gasteiger partial charge in [-0.2, -0.15) is 5.10 Å². The highest BCUT2D eigenvalue weighted by Gasteiger charge is 2.03. The summed E-state index contributed by atoms with van der Waals surface area (Å²) in [6, 6.07) is 7.64. The lowest BCUT2D eigenvalue weighted by molar-refractivity contribution is -0.121. The van der Waals surface area contributed by atoms with Crippen LogP contribution in [-0.2, 0) is 11.3 Å². The Bertz CT molecular complexity index is 562. The number of nitrogens with zero attached hydrogens (tertiary/aromatic N) is 3. The minimum Gasteiger partial charge on any atom is -0.354 e. The number of pyridine rings is 1. The average Bonchev–Trinajstić information content (AvgIpc) is 2.95. The van der Waals surface area contributed by atoms with E-state index in [4.69, 9.17) is 0 Å². The Balaban J connectivity index is 1.82. The summed E-state index contributed by atoms with van der Waals surface area (Å²) in [6.45, 7) is 4.81. The van der Waals surface area contributed by atoms with Crippen molar-refractivity contribution in [2.45, 2.75) is 19.4 Å². The minimum atomic E-state index is 0.0435. The molecule has 0 unspecified atom stereocenters. The number of allylic oxidation sites excluding steroid dienone is 1. The Morgan fingerprint density at radius 2 is 2.25 bits per heavy atom. The van der Waals surface area contributed by atoms with E-state index in [9.17, 15) is 4.79 Å². The van der Waals surface area contributed by atoms with Gasteiger partial charge in [-0.1, -0.05) is 12.1 Å². The van der Waals surface area contributed by atoms with Gasteiger partial charge in [-0.25, -0.2) is 0 Å². The molecule has 0 saturated carbocycles. The molecule has 0 saturated heterocycles. The molecule has 1 N–H and O–H groups in total. The van der Waals surface area contributed by atoms with Gasteiger partial charge in [0.05, 0.1) is 12.2 Å². The molecule has 2 rings (SSSR count). The predicted octanol–water partition coefficient (Wildman–Crippen LogP) is 2.03. The van der Waals surface area contributed by atoms with Crippen molar-refractivity contribution < 1.29 is 4.79 Å². The highest BCUT2D eigenvalue weighted by Crippen LogP contribution is 2.12. The molecule has 2 heterocycles. The third-order valence-corrected chi connectivity index (χ3v) is 2.81. The van der Waals surface area contributed by atoms with Crippen molar-refractivity contribution in [1.82, 2.24) is 20.1 Å². The normalized spacial score (nSPS) is 10.2. The maximum Gasteiger partial charge on any atom is 0.220 e. The topological polar surface area (TPSA) is 59.8 Å². The molecule has 0 aromatic carbocycles. The van der Waals surface area contributed by atoms with E-state index in [0.717, 1.165) is 11.4 Å². The molecule has 5 heteroatoms. The molecule has 0 aliphatic heterocycles. The number of carbonyl (C=O) groups is 1. The lowest BCUT2D eigenvalue weighted by atomic mass is 10.3. The molecule has 20 heavy (non-hydrogen) atoms. The van der Waals surface area contributed by atoms with Gasteiger partial charge >= 0.3 is 0 Å². The summed E-state index contributed by atoms with van der Waals surface area (Å²) >= 11 is 0. The van der Waals surface area contributed by atoms with Crippen molar-refractivity contribution >= 4 is 5.91 Å². The van der Waals surface area contributed by atoms with Gasteiger partial charge in [0.15, 0.2) is 0 Å². The zero-order chi connectivity index (χ0) is 14.2. The summed E-state index contributed by atoms with van der Waals surface area (Å²) < 4.78 is 1.80. The second-order valence-corrected chi connectivity index (χ2v) is 4.36. The second-order valence-electron chi connectivity index (χ2n) is 4.36. The summed E-state index contributed by atoms with van der Waals surface area (Å²) in [6.07, 6.45) is 6.57. The summed E-state index contributed by atoms with van der Waals surface area (Å²) in [7, 11) is 0. The van der Waals surface area contributed by atoms with Gasteiger partial charge in [-0.15, -0.1) is 6.58 Å². The van der Waals surface area contributed by atoms with Crippen molar-refractivity contribution in [1.29, 1.82) is 0 Å². The molecule has 0 radical (unpaired) electrons. The Hall–Kier alpha value is -2.43. The fourth-order valence-electron chi connectivity index (χ4n) is 1.77. The number of nitrogens with one attached hydrogen (secondary N) is 1. The van der Waals surface area contributed by atoms with Gasteiger partial charge in [0.2, 0.25) is 5.91 Å². The number of aromatic nitrogens is 3. The molecule has 0 fully saturated rings. The van der Waals surface area contributed by atoms with Crippen LogP contribution in [-0.4, -0.2) is 27.2 Å². The van der Waals surface area contributed by atoms with Crippen molar-refractivity contribution in [3.63, 3.8) is 0 Å². The van der Waals surface area contributed by atoms with Crippen LogP contribution in [0.3, 0.4) is 0 Å². The van der Waals surface area contributed by atoms with Crippen molar-refractivity contribution in [3.05, 3.63) is 49.3 Å². The highest BCUT2D eigenvalue weighted by molar-refractivity contribution is 5.75. The first-order valence-corrected chi connectivity index (χ1v) is 6.62. The van der Waals surface area contributed by atoms with Crippen LogP contribution in [0.15, 0.2) is 49.3 Å². The van der Waals surface area contributed by atoms with Crippen molar-refractivity contribution in [2.75, 3.05) is 6.54 Å². The number of hydrogen-bond donors (Lipinski definition) is 1. The van der Waals surface area contributed by atoms with Gasteiger partial charge < -0.3 is 5.32 Å². The molecule has 0 bridgehead atoms. The molecule has 0 spiro atoms. The van der Waals surface area contributed by atoms with Crippen LogP contribution in [0.4, 0.5) is 0 Å². The zero-order valence-electron chi connectivity index (χ0n) is 11.3. The molecule has 1 amide bonds. The van der Waals surface area contributed by atoms with Crippen LogP contribution in [0.25, 0.3) is 11.4 Å². The standard InChI is InChI=1S/C15H18N4O/c1-2-3-7-15(20)17-10-12-19-11-8-14(18-19)13-6-4-5-9-16-13/h2,4-6,8-9,11H,1,3,7,10,12H2,(H,17,20). The first-order valence-electron chi connectivity index (χ1n) is 6.62. The van der Waals surface area contributed by atoms with Crippen molar-refractivity contribution in [3.8, 4) is 11.4 Å². The van der Waals surface area contributed by atoms with E-state index in [1.165, 1.54) is 0 Å². The first-order chi connectivity index (χ1) is 9.79. The third-order valence-electron chi connectivity index (χ3n) is 2.81. The van der Waals surface area contributed by atoms with E-state index in [1.54, 1.807) is 17.0 Å². The SMILES string of the molecule is C=CCCC(=O)NCCn1ccc(-c2ccccn2)n1. The van der Waals surface area contributed by atoms with Gasteiger partial charge in [0.1, 0.15) is 5.69 Å². The lowest BCUT2D eigenvalue weighted by Crippen LogP contribution is -2.26. The van der Waals surface area contributed by atoms with Crippen LogP contribution >= 0.6 is 0 Å². The molecule has 0 aliphatic carbocycles. The first kappa shape index (κ1) is 14.0. The largest absolute Gasteiger partial charge is 0.354 e. The molecule has 0 aliphatic rings. The van der Waals surface area contributed by atoms with Gasteiger partial charge in [-0.3, -0.25) is 14.5 Å². The van der Waals surface area contributed by atoms with Crippen molar-refractivity contribution in [2.24, 2.45) is 0 Å². The Morgan fingerprint density at radius 1 is 1.35 bits per heavy atom. The number of hydrogen-bond acceptors (Lipinski definition) is 3. The summed E-state index contributed by atoms with van der Waals surface area (Å²) in [5.74, 6) is 0.0435. The summed E-state index contributed by atoms with van der Waals surface area (Å²) in [5.41, 5.74) is 1.69. The van der Waals surface area contributed by atoms with E-state index < -0.39 is 0 Å². The third kappa shape index (κ3) is 4.05. The Kier molecular flexibility index (Phi) is 5.06. The van der Waals surface area contributed by atoms with Crippen LogP contribution < -0.4 is 5.32 Å². The molecule has 0 atom stereocenters. The zero-order valence-corrected chi connectivity index (χ0v) is 11.3. The summed E-state index contributed by atoms with van der Waals surface area (Å²) in [4.78, 5) is 15.7. The summed E-state index contributed by atoms with van der Waals surface area (Å²) in [5, 5.41) is 7.28.